The number of H-pyrrole nitrogens is 1. The van der Waals surface area contributed by atoms with Crippen molar-refractivity contribution in [2.45, 2.75) is 20.0 Å². The van der Waals surface area contributed by atoms with Crippen LogP contribution in [0.1, 0.15) is 30.3 Å². The van der Waals surface area contributed by atoms with E-state index in [0.29, 0.717) is 51.9 Å². The number of nitrogens with zero attached hydrogens (tertiary/aromatic N) is 4. The van der Waals surface area contributed by atoms with Crippen molar-refractivity contribution in [2.75, 3.05) is 6.61 Å². The molecule has 0 spiro atoms. The van der Waals surface area contributed by atoms with E-state index in [1.807, 2.05) is 85.9 Å². The summed E-state index contributed by atoms with van der Waals surface area (Å²) in [5.41, 5.74) is 4.34. The maximum atomic E-state index is 12.7. The summed E-state index contributed by atoms with van der Waals surface area (Å²) in [6.45, 7) is 3.00. The van der Waals surface area contributed by atoms with Crippen LogP contribution in [0.4, 0.5) is 0 Å². The fraction of sp³-hybridized carbons (Fsp3) is 0.111. The summed E-state index contributed by atoms with van der Waals surface area (Å²) >= 11 is 6.38. The van der Waals surface area contributed by atoms with Crippen molar-refractivity contribution in [1.29, 1.82) is 5.26 Å². The van der Waals surface area contributed by atoms with Gasteiger partial charge in [-0.2, -0.15) is 10.4 Å². The lowest BCUT2D eigenvalue weighted by atomic mass is 10.1. The minimum atomic E-state index is -0.310. The normalized spacial score (nSPS) is 11.4. The summed E-state index contributed by atoms with van der Waals surface area (Å²) in [6.07, 6.45) is 4.45. The summed E-state index contributed by atoms with van der Waals surface area (Å²) in [7, 11) is 0. The monoisotopic (exact) mass is 613 g/mol. The quantitative estimate of drug-likeness (QED) is 0.158. The maximum absolute atomic E-state index is 12.7. The van der Waals surface area contributed by atoms with Gasteiger partial charge in [0.05, 0.1) is 39.5 Å². The molecule has 0 bridgehead atoms. The molecule has 2 aromatic heterocycles. The first-order chi connectivity index (χ1) is 22.0. The highest BCUT2D eigenvalue weighted by Crippen LogP contribution is 2.30. The number of ether oxygens (including phenoxy) is 2. The van der Waals surface area contributed by atoms with Gasteiger partial charge in [-0.15, -0.1) is 0 Å². The molecule has 0 atom stereocenters. The Morgan fingerprint density at radius 1 is 1.00 bits per heavy atom. The molecule has 1 N–H and O–H groups in total. The third kappa shape index (κ3) is 6.64. The van der Waals surface area contributed by atoms with Crippen molar-refractivity contribution < 1.29 is 9.47 Å². The molecular formula is C36H28ClN5O3. The molecule has 45 heavy (non-hydrogen) atoms. The van der Waals surface area contributed by atoms with Crippen molar-refractivity contribution in [3.8, 4) is 34.5 Å². The van der Waals surface area contributed by atoms with E-state index in [1.54, 1.807) is 35.0 Å². The maximum Gasteiger partial charge on any atom is 0.259 e. The predicted molar refractivity (Wildman–Crippen MR) is 176 cm³/mol. The second kappa shape index (κ2) is 13.3. The Kier molecular flexibility index (Phi) is 8.72. The Hall–Kier alpha value is -5.65. The minimum absolute atomic E-state index is 0.188. The van der Waals surface area contributed by atoms with Crippen LogP contribution in [0.5, 0.6) is 11.5 Å². The Labute approximate surface area is 264 Å². The second-order valence-corrected chi connectivity index (χ2v) is 10.6. The highest BCUT2D eigenvalue weighted by molar-refractivity contribution is 6.32. The first kappa shape index (κ1) is 29.4. The average molecular weight is 614 g/mol. The number of hydrogen-bond donors (Lipinski definition) is 1. The molecule has 2 heterocycles. The number of para-hydroxylation sites is 2. The molecule has 0 unspecified atom stereocenters. The van der Waals surface area contributed by atoms with Crippen LogP contribution >= 0.6 is 11.6 Å². The van der Waals surface area contributed by atoms with E-state index in [1.165, 1.54) is 0 Å². The van der Waals surface area contributed by atoms with E-state index in [-0.39, 0.29) is 17.0 Å². The fourth-order valence-electron chi connectivity index (χ4n) is 4.79. The lowest BCUT2D eigenvalue weighted by molar-refractivity contribution is 0.304. The van der Waals surface area contributed by atoms with Gasteiger partial charge in [-0.25, -0.2) is 9.67 Å². The van der Waals surface area contributed by atoms with Crippen molar-refractivity contribution in [3.63, 3.8) is 0 Å². The topological polar surface area (TPSA) is 106 Å². The zero-order valence-corrected chi connectivity index (χ0v) is 25.2. The number of hydrogen-bond acceptors (Lipinski definition) is 6. The molecule has 0 fully saturated rings. The van der Waals surface area contributed by atoms with E-state index in [0.717, 1.165) is 23.2 Å². The average Bonchev–Trinajstić information content (AvgIpc) is 3.50. The lowest BCUT2D eigenvalue weighted by Crippen LogP contribution is -2.11. The van der Waals surface area contributed by atoms with E-state index in [4.69, 9.17) is 26.2 Å². The van der Waals surface area contributed by atoms with Gasteiger partial charge in [0.2, 0.25) is 0 Å². The van der Waals surface area contributed by atoms with Crippen LogP contribution in [-0.4, -0.2) is 26.4 Å². The molecule has 6 rings (SSSR count). The first-order valence-electron chi connectivity index (χ1n) is 14.4. The van der Waals surface area contributed by atoms with Crippen molar-refractivity contribution in [2.24, 2.45) is 0 Å². The number of aromatic amines is 1. The van der Waals surface area contributed by atoms with Gasteiger partial charge in [-0.05, 0) is 78.7 Å². The summed E-state index contributed by atoms with van der Waals surface area (Å²) < 4.78 is 13.4. The number of rotatable bonds is 10. The highest BCUT2D eigenvalue weighted by atomic mass is 35.5. The molecule has 8 nitrogen and oxygen atoms in total. The number of halogens is 1. The van der Waals surface area contributed by atoms with E-state index >= 15 is 0 Å². The zero-order chi connectivity index (χ0) is 31.2. The van der Waals surface area contributed by atoms with Crippen LogP contribution in [0.2, 0.25) is 5.02 Å². The number of nitriles is 1. The van der Waals surface area contributed by atoms with Gasteiger partial charge in [-0.3, -0.25) is 4.79 Å². The van der Waals surface area contributed by atoms with Gasteiger partial charge in [0, 0.05) is 17.3 Å². The minimum Gasteiger partial charge on any atom is -0.492 e. The molecular weight excluding hydrogens is 586 g/mol. The van der Waals surface area contributed by atoms with Gasteiger partial charge >= 0.3 is 0 Å². The van der Waals surface area contributed by atoms with Crippen LogP contribution in [0.15, 0.2) is 108 Å². The Morgan fingerprint density at radius 3 is 2.53 bits per heavy atom. The number of allylic oxidation sites excluding steroid dienone is 1. The van der Waals surface area contributed by atoms with Crippen molar-refractivity contribution in [3.05, 3.63) is 136 Å². The first-order valence-corrected chi connectivity index (χ1v) is 14.8. The number of fused-ring (bicyclic) bond motifs is 1. The molecule has 4 aromatic carbocycles. The summed E-state index contributed by atoms with van der Waals surface area (Å²) in [4.78, 5) is 20.0. The summed E-state index contributed by atoms with van der Waals surface area (Å²) in [6, 6.07) is 32.1. The van der Waals surface area contributed by atoms with E-state index in [9.17, 15) is 10.1 Å². The standard InChI is InChI=1S/C36H28ClN5O3/c1-2-18-44-33-17-12-24(19-31(33)37)23-45-29-15-13-25(14-16-29)34-27(22-42(41-34)28-8-4-3-5-9-28)20-26(21-38)35-39-32-11-7-6-10-30(32)36(43)40-35/h3-17,19-20,22H,2,18,23H2,1H3,(H,39,40,43)/b26-20+. The molecule has 0 aliphatic heterocycles. The molecule has 0 saturated carbocycles. The molecule has 0 aliphatic carbocycles. The van der Waals surface area contributed by atoms with Gasteiger partial charge in [0.15, 0.2) is 5.82 Å². The van der Waals surface area contributed by atoms with Crippen LogP contribution in [0.3, 0.4) is 0 Å². The molecule has 0 aliphatic rings. The SMILES string of the molecule is CCCOc1ccc(COc2ccc(-c3nn(-c4ccccc4)cc3/C=C(\C#N)c3nc4ccccc4c(=O)[nH]3)cc2)cc1Cl. The van der Waals surface area contributed by atoms with Crippen molar-refractivity contribution >= 4 is 34.2 Å². The molecule has 6 aromatic rings. The molecule has 0 radical (unpaired) electrons. The predicted octanol–water partition coefficient (Wildman–Crippen LogP) is 7.86. The molecule has 0 amide bonds. The Morgan fingerprint density at radius 2 is 1.78 bits per heavy atom. The smallest absolute Gasteiger partial charge is 0.259 e. The second-order valence-electron chi connectivity index (χ2n) is 10.2. The van der Waals surface area contributed by atoms with Crippen LogP contribution in [0, 0.1) is 11.3 Å². The summed E-state index contributed by atoms with van der Waals surface area (Å²) in [5, 5.41) is 16.0. The number of nitrogens with one attached hydrogen (secondary N) is 1. The molecule has 222 valence electrons. The summed E-state index contributed by atoms with van der Waals surface area (Å²) in [5.74, 6) is 1.53. The number of benzene rings is 4. The van der Waals surface area contributed by atoms with Gasteiger partial charge in [-0.1, -0.05) is 54.9 Å². The van der Waals surface area contributed by atoms with Gasteiger partial charge in [0.25, 0.3) is 5.56 Å². The van der Waals surface area contributed by atoms with E-state index in [2.05, 4.69) is 16.0 Å². The van der Waals surface area contributed by atoms with Crippen LogP contribution < -0.4 is 15.0 Å². The van der Waals surface area contributed by atoms with Gasteiger partial charge in [0.1, 0.15) is 24.2 Å². The third-order valence-electron chi connectivity index (χ3n) is 7.04. The third-order valence-corrected chi connectivity index (χ3v) is 7.34. The van der Waals surface area contributed by atoms with Gasteiger partial charge < -0.3 is 14.5 Å². The van der Waals surface area contributed by atoms with Crippen molar-refractivity contribution in [1.82, 2.24) is 19.7 Å². The Balaban J connectivity index is 1.30. The Bertz CT molecular complexity index is 2090. The zero-order valence-electron chi connectivity index (χ0n) is 24.4. The lowest BCUT2D eigenvalue weighted by Gasteiger charge is -2.10. The van der Waals surface area contributed by atoms with E-state index < -0.39 is 0 Å². The fourth-order valence-corrected chi connectivity index (χ4v) is 5.05. The molecule has 9 heteroatoms. The number of aromatic nitrogens is 4. The van der Waals surface area contributed by atoms with Crippen LogP contribution in [-0.2, 0) is 6.61 Å². The van der Waals surface area contributed by atoms with Crippen LogP contribution in [0.25, 0.3) is 39.5 Å². The largest absolute Gasteiger partial charge is 0.492 e. The molecule has 0 saturated heterocycles. The highest BCUT2D eigenvalue weighted by Gasteiger charge is 2.15.